The molecular formula is C31H36N4O6. The third-order valence-corrected chi connectivity index (χ3v) is 7.54. The third-order valence-electron chi connectivity index (χ3n) is 7.54. The van der Waals surface area contributed by atoms with Crippen molar-refractivity contribution in [1.82, 2.24) is 15.4 Å². The fourth-order valence-electron chi connectivity index (χ4n) is 5.55. The number of pyridine rings is 1. The molecule has 1 saturated heterocycles. The van der Waals surface area contributed by atoms with Gasteiger partial charge in [0.1, 0.15) is 24.1 Å². The van der Waals surface area contributed by atoms with Crippen LogP contribution in [-0.4, -0.2) is 57.6 Å². The van der Waals surface area contributed by atoms with Gasteiger partial charge in [-0.25, -0.2) is 10.3 Å². The van der Waals surface area contributed by atoms with E-state index in [1.807, 2.05) is 82.3 Å². The first-order valence-electron chi connectivity index (χ1n) is 13.8. The van der Waals surface area contributed by atoms with Crippen LogP contribution in [0.2, 0.25) is 0 Å². The Kier molecular flexibility index (Phi) is 7.86. The Hall–Kier alpha value is -4.18. The van der Waals surface area contributed by atoms with Crippen LogP contribution in [0.3, 0.4) is 0 Å². The minimum absolute atomic E-state index is 0.00773. The highest BCUT2D eigenvalue weighted by Gasteiger charge is 2.51. The lowest BCUT2D eigenvalue weighted by Crippen LogP contribution is -2.44. The molecule has 0 radical (unpaired) electrons. The molecule has 2 atom stereocenters. The predicted molar refractivity (Wildman–Crippen MR) is 153 cm³/mol. The van der Waals surface area contributed by atoms with Gasteiger partial charge in [0.15, 0.2) is 0 Å². The number of aromatic nitrogens is 1. The van der Waals surface area contributed by atoms with Crippen LogP contribution >= 0.6 is 0 Å². The van der Waals surface area contributed by atoms with Gasteiger partial charge in [0.25, 0.3) is 0 Å². The van der Waals surface area contributed by atoms with Crippen molar-refractivity contribution in [1.29, 1.82) is 0 Å². The van der Waals surface area contributed by atoms with Gasteiger partial charge < -0.3 is 19.2 Å². The molecule has 2 unspecified atom stereocenters. The second-order valence-corrected chi connectivity index (χ2v) is 11.8. The summed E-state index contributed by atoms with van der Waals surface area (Å²) in [6, 6.07) is 17.7. The highest BCUT2D eigenvalue weighted by atomic mass is 16.6. The molecule has 2 aromatic carbocycles. The van der Waals surface area contributed by atoms with E-state index in [0.717, 1.165) is 39.2 Å². The van der Waals surface area contributed by atoms with Gasteiger partial charge in [-0.05, 0) is 76.1 Å². The van der Waals surface area contributed by atoms with Gasteiger partial charge in [0.2, 0.25) is 5.91 Å². The van der Waals surface area contributed by atoms with E-state index in [-0.39, 0.29) is 13.0 Å². The zero-order chi connectivity index (χ0) is 29.2. The number of nitrogens with zero attached hydrogens (tertiary/aromatic N) is 3. The highest BCUT2D eigenvalue weighted by molar-refractivity contribution is 6.01. The molecule has 5 rings (SSSR count). The normalized spacial score (nSPS) is 20.5. The van der Waals surface area contributed by atoms with Crippen molar-refractivity contribution in [2.45, 2.75) is 65.3 Å². The Balaban J connectivity index is 1.25. The molecular weight excluding hydrogens is 524 g/mol. The van der Waals surface area contributed by atoms with Crippen LogP contribution in [0.4, 0.5) is 4.79 Å². The second kappa shape index (κ2) is 11.4. The first-order valence-corrected chi connectivity index (χ1v) is 13.8. The number of amides is 2. The zero-order valence-corrected chi connectivity index (χ0v) is 23.8. The van der Waals surface area contributed by atoms with E-state index < -0.39 is 29.1 Å². The van der Waals surface area contributed by atoms with Gasteiger partial charge in [-0.2, -0.15) is 0 Å². The molecule has 2 aliphatic rings. The Morgan fingerprint density at radius 2 is 1.93 bits per heavy atom. The van der Waals surface area contributed by atoms with Gasteiger partial charge in [-0.15, -0.1) is 0 Å². The number of carbonyl (C=O) groups is 2. The van der Waals surface area contributed by atoms with E-state index >= 15 is 0 Å². The fraction of sp³-hybridized carbons (Fsp3) is 0.419. The topological polar surface area (TPSA) is 123 Å². The minimum Gasteiger partial charge on any atom is -0.489 e. The summed E-state index contributed by atoms with van der Waals surface area (Å²) in [5.74, 6) is 0.190. The molecule has 3 heterocycles. The van der Waals surface area contributed by atoms with E-state index in [2.05, 4.69) is 10.1 Å². The molecule has 1 fully saturated rings. The van der Waals surface area contributed by atoms with E-state index in [1.165, 1.54) is 0 Å². The molecule has 41 heavy (non-hydrogen) atoms. The molecule has 2 N–H and O–H groups in total. The van der Waals surface area contributed by atoms with Crippen LogP contribution in [0.5, 0.6) is 5.75 Å². The summed E-state index contributed by atoms with van der Waals surface area (Å²) in [6.07, 6.45) is 0.0911. The summed E-state index contributed by atoms with van der Waals surface area (Å²) in [5.41, 5.74) is 4.96. The van der Waals surface area contributed by atoms with Crippen molar-refractivity contribution in [2.24, 2.45) is 10.6 Å². The van der Waals surface area contributed by atoms with Crippen molar-refractivity contribution in [2.75, 3.05) is 13.1 Å². The number of oxime groups is 1. The maximum Gasteiger partial charge on any atom is 0.410 e. The van der Waals surface area contributed by atoms with Crippen molar-refractivity contribution >= 4 is 28.6 Å². The first-order chi connectivity index (χ1) is 19.5. The largest absolute Gasteiger partial charge is 0.489 e. The number of hydrogen-bond donors (Lipinski definition) is 2. The monoisotopic (exact) mass is 560 g/mol. The lowest BCUT2D eigenvalue weighted by molar-refractivity contribution is -0.134. The van der Waals surface area contributed by atoms with Gasteiger partial charge in [-0.3, -0.25) is 15.0 Å². The summed E-state index contributed by atoms with van der Waals surface area (Å²) in [6.45, 7) is 8.51. The standard InChI is InChI=1S/C31H36N4O6/c1-20-15-22(24-7-5-6-8-25(24)32-20)18-39-23-11-9-21(10-12-23)26-16-27(41-34-26)31(17-28(36)33-38)13-14-35(19-31)29(37)40-30(2,3)4/h5-12,15,27,38H,13-14,16-19H2,1-4H3,(H,33,36). The summed E-state index contributed by atoms with van der Waals surface area (Å²) in [5, 5.41) is 14.6. The van der Waals surface area contributed by atoms with Crippen molar-refractivity contribution in [3.63, 3.8) is 0 Å². The summed E-state index contributed by atoms with van der Waals surface area (Å²) in [4.78, 5) is 37.1. The number of para-hydroxylation sites is 1. The van der Waals surface area contributed by atoms with E-state index in [4.69, 9.17) is 14.3 Å². The van der Waals surface area contributed by atoms with E-state index in [1.54, 1.807) is 10.4 Å². The first kappa shape index (κ1) is 28.4. The molecule has 0 saturated carbocycles. The highest BCUT2D eigenvalue weighted by Crippen LogP contribution is 2.43. The molecule has 10 nitrogen and oxygen atoms in total. The van der Waals surface area contributed by atoms with E-state index in [0.29, 0.717) is 26.0 Å². The van der Waals surface area contributed by atoms with Crippen LogP contribution in [0.25, 0.3) is 10.9 Å². The number of rotatable bonds is 7. The van der Waals surface area contributed by atoms with Crippen molar-refractivity contribution < 1.29 is 29.1 Å². The van der Waals surface area contributed by atoms with Gasteiger partial charge in [-0.1, -0.05) is 23.4 Å². The fourth-order valence-corrected chi connectivity index (χ4v) is 5.55. The maximum atomic E-state index is 12.7. The molecule has 0 aliphatic carbocycles. The number of nitrogens with one attached hydrogen (secondary N) is 1. The summed E-state index contributed by atoms with van der Waals surface area (Å²) < 4.78 is 11.6. The Labute approximate surface area is 239 Å². The quantitative estimate of drug-likeness (QED) is 0.303. The Morgan fingerprint density at radius 1 is 1.17 bits per heavy atom. The molecule has 3 aromatic rings. The summed E-state index contributed by atoms with van der Waals surface area (Å²) in [7, 11) is 0. The average Bonchev–Trinajstić information content (AvgIpc) is 3.60. The van der Waals surface area contributed by atoms with Crippen LogP contribution in [0.1, 0.15) is 56.9 Å². The second-order valence-electron chi connectivity index (χ2n) is 11.8. The number of aryl methyl sites for hydroxylation is 1. The number of benzene rings is 2. The number of hydrogen-bond acceptors (Lipinski definition) is 8. The summed E-state index contributed by atoms with van der Waals surface area (Å²) >= 11 is 0. The van der Waals surface area contributed by atoms with Crippen molar-refractivity contribution in [3.05, 3.63) is 71.4 Å². The molecule has 1 aromatic heterocycles. The third kappa shape index (κ3) is 6.43. The smallest absolute Gasteiger partial charge is 0.410 e. The predicted octanol–water partition coefficient (Wildman–Crippen LogP) is 5.14. The van der Waals surface area contributed by atoms with Gasteiger partial charge >= 0.3 is 6.09 Å². The number of fused-ring (bicyclic) bond motifs is 1. The molecule has 0 spiro atoms. The lowest BCUT2D eigenvalue weighted by Gasteiger charge is -2.33. The molecule has 216 valence electrons. The van der Waals surface area contributed by atoms with E-state index in [9.17, 15) is 14.8 Å². The van der Waals surface area contributed by atoms with Crippen LogP contribution in [0, 0.1) is 12.3 Å². The number of ether oxygens (including phenoxy) is 2. The van der Waals surface area contributed by atoms with Crippen LogP contribution < -0.4 is 10.2 Å². The number of carbonyl (C=O) groups excluding carboxylic acids is 2. The minimum atomic E-state index is -0.719. The average molecular weight is 561 g/mol. The molecule has 2 amide bonds. The lowest BCUT2D eigenvalue weighted by atomic mass is 9.75. The van der Waals surface area contributed by atoms with Crippen LogP contribution in [-0.2, 0) is 21.0 Å². The molecule has 10 heteroatoms. The SMILES string of the molecule is Cc1cc(COc2ccc(C3=NOC(C4(CC(=O)NO)CCN(C(=O)OC(C)(C)C)C4)C3)cc2)c2ccccc2n1. The van der Waals surface area contributed by atoms with Gasteiger partial charge in [0, 0.05) is 48.0 Å². The van der Waals surface area contributed by atoms with Crippen molar-refractivity contribution in [3.8, 4) is 5.75 Å². The zero-order valence-electron chi connectivity index (χ0n) is 23.8. The Bertz CT molecular complexity index is 1470. The number of likely N-dealkylation sites (tertiary alicyclic amines) is 1. The van der Waals surface area contributed by atoms with Crippen LogP contribution in [0.15, 0.2) is 59.8 Å². The molecule has 0 bridgehead atoms. The Morgan fingerprint density at radius 3 is 2.66 bits per heavy atom. The van der Waals surface area contributed by atoms with Gasteiger partial charge in [0.05, 0.1) is 11.2 Å². The molecule has 2 aliphatic heterocycles. The number of hydroxylamine groups is 1. The maximum absolute atomic E-state index is 12.7.